The number of benzene rings is 12. The third kappa shape index (κ3) is 13.9. The molecule has 5 heteroatoms. The Morgan fingerprint density at radius 3 is 1.04 bits per heavy atom. The molecule has 0 atom stereocenters. The van der Waals surface area contributed by atoms with E-state index in [9.17, 15) is 11.0 Å². The summed E-state index contributed by atoms with van der Waals surface area (Å²) < 4.78 is 78.8. The molecule has 574 valence electrons. The summed E-state index contributed by atoms with van der Waals surface area (Å²) in [5.41, 5.74) is 27.7. The molecule has 0 N–H and O–H groups in total. The quantitative estimate of drug-likeness (QED) is 0.135. The average Bonchev–Trinajstić information content (AvgIpc) is 1.07. The van der Waals surface area contributed by atoms with Crippen LogP contribution in [0.4, 0.5) is 34.1 Å². The van der Waals surface area contributed by atoms with Gasteiger partial charge in [-0.15, -0.1) is 0 Å². The number of hydrogen-bond acceptors (Lipinski definition) is 3. The monoisotopic (exact) mass is 1500 g/mol. The molecule has 4 nitrogen and oxygen atoms in total. The average molecular weight is 1500 g/mol. The predicted octanol–water partition coefficient (Wildman–Crippen LogP) is 28.6. The molecule has 12 aromatic carbocycles. The number of hydrogen-bond donors (Lipinski definition) is 0. The van der Waals surface area contributed by atoms with Crippen LogP contribution in [0.3, 0.4) is 0 Å². The highest BCUT2D eigenvalue weighted by Gasteiger charge is 2.47. The summed E-state index contributed by atoms with van der Waals surface area (Å²) in [7, 11) is 0. The third-order valence-electron chi connectivity index (χ3n) is 23.7. The Labute approximate surface area is 692 Å². The van der Waals surface area contributed by atoms with Gasteiger partial charge in [0.25, 0.3) is 6.71 Å². The maximum Gasteiger partial charge on any atom is 0.252 e. The van der Waals surface area contributed by atoms with Crippen LogP contribution in [0.25, 0.3) is 94.3 Å². The smallest absolute Gasteiger partial charge is 0.252 e. The Bertz CT molecular complexity index is 6420. The second-order valence-electron chi connectivity index (χ2n) is 40.5. The number of para-hydroxylation sites is 2. The molecule has 16 rings (SSSR count). The zero-order valence-corrected chi connectivity index (χ0v) is 71.6. The summed E-state index contributed by atoms with van der Waals surface area (Å²) in [6.45, 7) is 54.4. The van der Waals surface area contributed by atoms with Crippen molar-refractivity contribution in [3.05, 3.63) is 305 Å². The second kappa shape index (κ2) is 27.5. The van der Waals surface area contributed by atoms with Gasteiger partial charge in [0.1, 0.15) is 0 Å². The summed E-state index contributed by atoms with van der Waals surface area (Å²) in [5, 5.41) is 0.0124. The van der Waals surface area contributed by atoms with Crippen molar-refractivity contribution in [2.24, 2.45) is 0 Å². The maximum atomic E-state index is 10.1. The van der Waals surface area contributed by atoms with Crippen molar-refractivity contribution in [3.63, 3.8) is 0 Å². The fourth-order valence-electron chi connectivity index (χ4n) is 16.9. The largest absolute Gasteiger partial charge is 0.310 e. The predicted molar refractivity (Wildman–Crippen MR) is 495 cm³/mol. The van der Waals surface area contributed by atoms with Gasteiger partial charge in [0, 0.05) is 83.6 Å². The van der Waals surface area contributed by atoms with Crippen molar-refractivity contribution < 1.29 is 11.0 Å². The molecule has 0 saturated carbocycles. The number of rotatable bonds is 9. The number of fused-ring (bicyclic) bond motifs is 7. The summed E-state index contributed by atoms with van der Waals surface area (Å²) in [5.74, 6) is 0. The van der Waals surface area contributed by atoms with Crippen LogP contribution < -0.4 is 26.2 Å². The Morgan fingerprint density at radius 1 is 0.281 bits per heavy atom. The van der Waals surface area contributed by atoms with E-state index in [2.05, 4.69) is 382 Å². The SMILES string of the molecule is [2H]c1c([2H])c([2H])c2c(c1[2H])c1c([2H])c([2H])c([2H])c([2H])c1n2-c1ccc2c(c1)N(c1c(-c3ccccc3)cc(C(C)(C)C)cc1-c1ccc(C(C)(C)C)nc1C(C)(C)C)c1cc(-c3cc(C(C)(C)C)cc(C(C)(C)C)c3)cc3c1B2c1ccc(-c2cc(C(C)(C)C)cc(C(C)(C)C)c2)cc1N3c1c(-c2ccccc2)cc(C(C)(C)C)cc1-c1ccccc1. The molecule has 2 aliphatic heterocycles. The number of nitrogens with zero attached hydrogens (tertiary/aromatic N) is 4. The first-order chi connectivity index (χ1) is 56.9. The molecular weight excluding hydrogens is 1380 g/mol. The van der Waals surface area contributed by atoms with E-state index in [0.29, 0.717) is 5.69 Å². The first-order valence-corrected chi connectivity index (χ1v) is 40.9. The summed E-state index contributed by atoms with van der Waals surface area (Å²) in [6, 6.07) is 76.3. The standard InChI is InChI=1S/C109H115BN4/c1-102(2,3)75-54-72(55-76(61-75)103(4,5)6)71-48-51-89-93(58-71)113(99-85(68-38-28-25-29-39-68)63-79(106(13,14)15)64-86(99)69-40-30-26-31-41-69)95-59-74(73-56-77(104(7,8)9)62-78(57-73)105(10,11)12)60-96-98(95)110(89)90-52-49-81(112-91-46-36-34-44-82(91)83-45-35-37-47-92(83)112)67-94(90)114(96)100-87(70-42-32-27-33-43-70)65-80(107(16,17)18)66-88(100)84-50-53-97(108(19,20)21)111-101(84)109(22,23)24/h25-67H,1-24H3/i34D,35D,36D,37D,44D,45D,46D,47D. The van der Waals surface area contributed by atoms with Crippen LogP contribution in [0, 0.1) is 0 Å². The first kappa shape index (κ1) is 67.7. The van der Waals surface area contributed by atoms with Crippen LogP contribution in [-0.2, 0) is 43.3 Å². The van der Waals surface area contributed by atoms with Crippen LogP contribution in [0.5, 0.6) is 0 Å². The lowest BCUT2D eigenvalue weighted by Gasteiger charge is -2.46. The number of pyridine rings is 1. The zero-order valence-electron chi connectivity index (χ0n) is 79.6. The topological polar surface area (TPSA) is 24.3 Å². The van der Waals surface area contributed by atoms with Gasteiger partial charge in [-0.2, -0.15) is 0 Å². The fraction of sp³-hybridized carbons (Fsp3) is 0.294. The third-order valence-corrected chi connectivity index (χ3v) is 23.7. The van der Waals surface area contributed by atoms with Crippen molar-refractivity contribution >= 4 is 79.0 Å². The van der Waals surface area contributed by atoms with Gasteiger partial charge in [0.05, 0.1) is 39.1 Å². The van der Waals surface area contributed by atoms with E-state index < -0.39 is 53.8 Å². The summed E-state index contributed by atoms with van der Waals surface area (Å²) >= 11 is 0. The lowest BCUT2D eigenvalue weighted by Crippen LogP contribution is -2.61. The van der Waals surface area contributed by atoms with Crippen molar-refractivity contribution in [1.29, 1.82) is 0 Å². The highest BCUT2D eigenvalue weighted by molar-refractivity contribution is 7.00. The first-order valence-electron chi connectivity index (χ1n) is 44.9. The van der Waals surface area contributed by atoms with Gasteiger partial charge >= 0.3 is 0 Å². The highest BCUT2D eigenvalue weighted by atomic mass is 15.2. The lowest BCUT2D eigenvalue weighted by molar-refractivity contribution is 0.532. The van der Waals surface area contributed by atoms with E-state index in [1.165, 1.54) is 27.8 Å². The molecule has 0 radical (unpaired) electrons. The van der Waals surface area contributed by atoms with Gasteiger partial charge in [-0.1, -0.05) is 354 Å². The summed E-state index contributed by atoms with van der Waals surface area (Å²) in [4.78, 5) is 11.0. The van der Waals surface area contributed by atoms with Gasteiger partial charge in [-0.3, -0.25) is 4.98 Å². The van der Waals surface area contributed by atoms with Crippen LogP contribution in [-0.4, -0.2) is 16.3 Å². The van der Waals surface area contributed by atoms with Crippen molar-refractivity contribution in [3.8, 4) is 72.4 Å². The molecule has 14 aromatic rings. The Kier molecular flexibility index (Phi) is 16.3. The minimum Gasteiger partial charge on any atom is -0.310 e. The van der Waals surface area contributed by atoms with Crippen LogP contribution >= 0.6 is 0 Å². The van der Waals surface area contributed by atoms with Crippen molar-refractivity contribution in [1.82, 2.24) is 9.55 Å². The molecular formula is C109H115BN4. The van der Waals surface area contributed by atoms with Gasteiger partial charge in [0.15, 0.2) is 0 Å². The Hall–Kier alpha value is -10.7. The molecule has 0 spiro atoms. The molecule has 0 amide bonds. The van der Waals surface area contributed by atoms with Gasteiger partial charge in [-0.05, 0) is 194 Å². The number of anilines is 6. The van der Waals surface area contributed by atoms with Crippen molar-refractivity contribution in [2.75, 3.05) is 9.80 Å². The van der Waals surface area contributed by atoms with E-state index in [1.54, 1.807) is 4.57 Å². The molecule has 2 aliphatic rings. The van der Waals surface area contributed by atoms with Crippen molar-refractivity contribution in [2.45, 2.75) is 209 Å². The van der Waals surface area contributed by atoms with E-state index in [0.717, 1.165) is 134 Å². The van der Waals surface area contributed by atoms with Gasteiger partial charge in [-0.25, -0.2) is 0 Å². The van der Waals surface area contributed by atoms with Crippen LogP contribution in [0.1, 0.15) is 222 Å². The molecule has 0 fully saturated rings. The van der Waals surface area contributed by atoms with Crippen LogP contribution in [0.2, 0.25) is 0 Å². The Morgan fingerprint density at radius 2 is 0.632 bits per heavy atom. The molecule has 0 unspecified atom stereocenters. The van der Waals surface area contributed by atoms with E-state index in [-0.39, 0.29) is 66.4 Å². The molecule has 0 bridgehead atoms. The van der Waals surface area contributed by atoms with Gasteiger partial charge in [0.2, 0.25) is 0 Å². The lowest BCUT2D eigenvalue weighted by atomic mass is 9.33. The normalized spacial score (nSPS) is 14.5. The second-order valence-corrected chi connectivity index (χ2v) is 40.5. The Balaban J connectivity index is 1.20. The van der Waals surface area contributed by atoms with E-state index in [4.69, 9.17) is 4.98 Å². The fourth-order valence-corrected chi connectivity index (χ4v) is 16.9. The van der Waals surface area contributed by atoms with Gasteiger partial charge < -0.3 is 14.4 Å². The minimum atomic E-state index is -0.552. The van der Waals surface area contributed by atoms with Crippen LogP contribution in [0.15, 0.2) is 261 Å². The minimum absolute atomic E-state index is 0.00619. The highest BCUT2D eigenvalue weighted by Crippen LogP contribution is 2.57. The molecule has 0 aliphatic carbocycles. The number of aromatic nitrogens is 2. The zero-order chi connectivity index (χ0) is 88.0. The molecule has 0 saturated heterocycles. The molecule has 2 aromatic heterocycles. The maximum absolute atomic E-state index is 10.1. The van der Waals surface area contributed by atoms with E-state index >= 15 is 0 Å². The molecule has 114 heavy (non-hydrogen) atoms. The van der Waals surface area contributed by atoms with E-state index in [1.807, 2.05) is 6.07 Å². The molecule has 4 heterocycles. The summed E-state index contributed by atoms with van der Waals surface area (Å²) in [6.07, 6.45) is 0.